The number of fused-ring (bicyclic) bond motifs is 1. The van der Waals surface area contributed by atoms with Gasteiger partial charge in [0, 0.05) is 36.8 Å². The van der Waals surface area contributed by atoms with E-state index in [4.69, 9.17) is 36.0 Å². The fraction of sp³-hybridized carbons (Fsp3) is 0.435. The Hall–Kier alpha value is -2.48. The standard InChI is InChI=1S/C23H26ClN5O2/c1-15-13-29(14-16(2)31-15)23-26-21-19(22(27-23)28-9-11-30-12-10-28)7-8-20(25-21)17-3-5-18(24)6-4-17/h3-8,15-16H,9-14H2,1-2H3/t15-,16+. The molecule has 2 atom stereocenters. The third-order valence-electron chi connectivity index (χ3n) is 5.68. The molecule has 162 valence electrons. The van der Waals surface area contributed by atoms with E-state index in [-0.39, 0.29) is 12.2 Å². The van der Waals surface area contributed by atoms with Gasteiger partial charge >= 0.3 is 0 Å². The Bertz CT molecular complexity index is 1060. The predicted molar refractivity (Wildman–Crippen MR) is 123 cm³/mol. The number of hydrogen-bond acceptors (Lipinski definition) is 7. The summed E-state index contributed by atoms with van der Waals surface area (Å²) in [7, 11) is 0. The van der Waals surface area contributed by atoms with E-state index in [1.54, 1.807) is 0 Å². The van der Waals surface area contributed by atoms with Crippen LogP contribution in [0, 0.1) is 0 Å². The van der Waals surface area contributed by atoms with E-state index >= 15 is 0 Å². The second-order valence-corrected chi connectivity index (χ2v) is 8.62. The second kappa shape index (κ2) is 8.57. The van der Waals surface area contributed by atoms with Gasteiger partial charge in [0.1, 0.15) is 5.82 Å². The lowest BCUT2D eigenvalue weighted by Crippen LogP contribution is -2.46. The zero-order valence-corrected chi connectivity index (χ0v) is 18.5. The molecule has 0 spiro atoms. The molecule has 0 saturated carbocycles. The van der Waals surface area contributed by atoms with E-state index in [0.29, 0.717) is 29.8 Å². The maximum atomic E-state index is 6.06. The normalized spacial score (nSPS) is 22.2. The summed E-state index contributed by atoms with van der Waals surface area (Å²) in [5.74, 6) is 1.63. The minimum atomic E-state index is 0.128. The molecule has 0 bridgehead atoms. The number of benzene rings is 1. The summed E-state index contributed by atoms with van der Waals surface area (Å²) in [6, 6.07) is 11.8. The molecule has 2 aliphatic heterocycles. The summed E-state index contributed by atoms with van der Waals surface area (Å²) in [6.45, 7) is 8.70. The molecular weight excluding hydrogens is 414 g/mol. The molecule has 2 saturated heterocycles. The fourth-order valence-electron chi connectivity index (χ4n) is 4.26. The highest BCUT2D eigenvalue weighted by Gasteiger charge is 2.26. The van der Waals surface area contributed by atoms with Gasteiger partial charge in [0.25, 0.3) is 0 Å². The van der Waals surface area contributed by atoms with Crippen molar-refractivity contribution in [3.05, 3.63) is 41.4 Å². The van der Waals surface area contributed by atoms with E-state index < -0.39 is 0 Å². The Morgan fingerprint density at radius 2 is 1.58 bits per heavy atom. The molecule has 1 aromatic carbocycles. The maximum absolute atomic E-state index is 6.06. The Morgan fingerprint density at radius 3 is 2.29 bits per heavy atom. The van der Waals surface area contributed by atoms with Gasteiger partial charge in [0.15, 0.2) is 5.65 Å². The highest BCUT2D eigenvalue weighted by molar-refractivity contribution is 6.30. The van der Waals surface area contributed by atoms with Crippen molar-refractivity contribution in [2.45, 2.75) is 26.1 Å². The van der Waals surface area contributed by atoms with Crippen LogP contribution in [0.4, 0.5) is 11.8 Å². The van der Waals surface area contributed by atoms with Gasteiger partial charge in [-0.15, -0.1) is 0 Å². The molecule has 0 aliphatic carbocycles. The Kier molecular flexibility index (Phi) is 5.65. The first kappa shape index (κ1) is 20.4. The van der Waals surface area contributed by atoms with Crippen LogP contribution >= 0.6 is 11.6 Å². The molecule has 2 fully saturated rings. The van der Waals surface area contributed by atoms with Gasteiger partial charge in [-0.05, 0) is 38.1 Å². The summed E-state index contributed by atoms with van der Waals surface area (Å²) in [6.07, 6.45) is 0.256. The first-order valence-electron chi connectivity index (χ1n) is 10.7. The SMILES string of the molecule is C[C@@H]1CN(c2nc(N3CCOCC3)c3ccc(-c4ccc(Cl)cc4)nc3n2)C[C@H](C)O1. The first-order valence-corrected chi connectivity index (χ1v) is 11.1. The van der Waals surface area contributed by atoms with Gasteiger partial charge in [-0.1, -0.05) is 23.7 Å². The van der Waals surface area contributed by atoms with Crippen LogP contribution in [0.5, 0.6) is 0 Å². The van der Waals surface area contributed by atoms with Gasteiger partial charge in [-0.25, -0.2) is 4.98 Å². The Morgan fingerprint density at radius 1 is 0.871 bits per heavy atom. The lowest BCUT2D eigenvalue weighted by atomic mass is 10.1. The van der Waals surface area contributed by atoms with E-state index in [1.165, 1.54) is 0 Å². The molecule has 0 amide bonds. The fourth-order valence-corrected chi connectivity index (χ4v) is 4.39. The van der Waals surface area contributed by atoms with E-state index in [9.17, 15) is 0 Å². The van der Waals surface area contributed by atoms with Crippen LogP contribution in [-0.2, 0) is 9.47 Å². The number of anilines is 2. The molecular formula is C23H26ClN5O2. The number of nitrogens with zero attached hydrogens (tertiary/aromatic N) is 5. The summed E-state index contributed by atoms with van der Waals surface area (Å²) in [4.78, 5) is 19.3. The number of pyridine rings is 1. The summed E-state index contributed by atoms with van der Waals surface area (Å²) in [5.41, 5.74) is 2.57. The van der Waals surface area contributed by atoms with Crippen LogP contribution in [0.1, 0.15) is 13.8 Å². The summed E-state index contributed by atoms with van der Waals surface area (Å²) < 4.78 is 11.5. The maximum Gasteiger partial charge on any atom is 0.229 e. The average Bonchev–Trinajstić information content (AvgIpc) is 2.78. The Labute approximate surface area is 187 Å². The molecule has 8 heteroatoms. The number of rotatable bonds is 3. The van der Waals surface area contributed by atoms with Crippen molar-refractivity contribution >= 4 is 34.4 Å². The van der Waals surface area contributed by atoms with Crippen molar-refractivity contribution < 1.29 is 9.47 Å². The lowest BCUT2D eigenvalue weighted by Gasteiger charge is -2.36. The van der Waals surface area contributed by atoms with Gasteiger partial charge in [-0.2, -0.15) is 9.97 Å². The zero-order valence-electron chi connectivity index (χ0n) is 17.8. The van der Waals surface area contributed by atoms with Crippen LogP contribution in [0.15, 0.2) is 36.4 Å². The molecule has 4 heterocycles. The molecule has 2 aliphatic rings. The highest BCUT2D eigenvalue weighted by Crippen LogP contribution is 2.30. The average molecular weight is 440 g/mol. The molecule has 0 N–H and O–H groups in total. The first-order chi connectivity index (χ1) is 15.1. The minimum Gasteiger partial charge on any atom is -0.378 e. The van der Waals surface area contributed by atoms with Crippen molar-refractivity contribution in [3.63, 3.8) is 0 Å². The van der Waals surface area contributed by atoms with E-state index in [0.717, 1.165) is 48.6 Å². The van der Waals surface area contributed by atoms with Crippen LogP contribution in [0.3, 0.4) is 0 Å². The van der Waals surface area contributed by atoms with Crippen molar-refractivity contribution in [2.24, 2.45) is 0 Å². The molecule has 3 aromatic rings. The summed E-state index contributed by atoms with van der Waals surface area (Å²) in [5, 5.41) is 1.66. The number of morpholine rings is 2. The Balaban J connectivity index is 1.61. The third kappa shape index (κ3) is 4.31. The highest BCUT2D eigenvalue weighted by atomic mass is 35.5. The zero-order chi connectivity index (χ0) is 21.4. The van der Waals surface area contributed by atoms with Crippen LogP contribution < -0.4 is 9.80 Å². The van der Waals surface area contributed by atoms with Gasteiger partial charge < -0.3 is 19.3 Å². The molecule has 7 nitrogen and oxygen atoms in total. The lowest BCUT2D eigenvalue weighted by molar-refractivity contribution is -0.00570. The smallest absolute Gasteiger partial charge is 0.229 e. The second-order valence-electron chi connectivity index (χ2n) is 8.18. The monoisotopic (exact) mass is 439 g/mol. The third-order valence-corrected chi connectivity index (χ3v) is 5.93. The quantitative estimate of drug-likeness (QED) is 0.615. The van der Waals surface area contributed by atoms with E-state index in [1.807, 2.05) is 30.3 Å². The number of hydrogen-bond donors (Lipinski definition) is 0. The minimum absolute atomic E-state index is 0.128. The van der Waals surface area contributed by atoms with Gasteiger partial charge in [0.05, 0.1) is 36.5 Å². The topological polar surface area (TPSA) is 63.6 Å². The van der Waals surface area contributed by atoms with Crippen molar-refractivity contribution in [3.8, 4) is 11.3 Å². The van der Waals surface area contributed by atoms with E-state index in [2.05, 4.69) is 29.7 Å². The van der Waals surface area contributed by atoms with Crippen molar-refractivity contribution in [1.82, 2.24) is 15.0 Å². The summed E-state index contributed by atoms with van der Waals surface area (Å²) >= 11 is 6.06. The number of halogens is 1. The largest absolute Gasteiger partial charge is 0.378 e. The van der Waals surface area contributed by atoms with Crippen LogP contribution in [0.25, 0.3) is 22.3 Å². The molecule has 0 radical (unpaired) electrons. The van der Waals surface area contributed by atoms with Crippen LogP contribution in [0.2, 0.25) is 5.02 Å². The molecule has 31 heavy (non-hydrogen) atoms. The number of aromatic nitrogens is 3. The van der Waals surface area contributed by atoms with Crippen LogP contribution in [-0.4, -0.2) is 66.6 Å². The molecule has 5 rings (SSSR count). The molecule has 0 unspecified atom stereocenters. The predicted octanol–water partition coefficient (Wildman–Crippen LogP) is 3.80. The van der Waals surface area contributed by atoms with Gasteiger partial charge in [-0.3, -0.25) is 0 Å². The van der Waals surface area contributed by atoms with Crippen molar-refractivity contribution in [1.29, 1.82) is 0 Å². The van der Waals surface area contributed by atoms with Crippen molar-refractivity contribution in [2.75, 3.05) is 49.2 Å². The number of ether oxygens (including phenoxy) is 2. The molecule has 2 aromatic heterocycles. The van der Waals surface area contributed by atoms with Gasteiger partial charge in [0.2, 0.25) is 5.95 Å².